The molecule has 0 radical (unpaired) electrons. The van der Waals surface area contributed by atoms with Crippen LogP contribution in [0.4, 0.5) is 5.69 Å². The van der Waals surface area contributed by atoms with Gasteiger partial charge in [0.2, 0.25) is 0 Å². The standard InChI is InChI=1S/C16H20N2/c1-2-18(13-14-8-4-3-5-9-14)16-11-7-6-10-15(16)12-17/h3-11H,2,12-13,17H2,1H3. The van der Waals surface area contributed by atoms with Gasteiger partial charge < -0.3 is 10.6 Å². The highest BCUT2D eigenvalue weighted by Gasteiger charge is 2.08. The maximum absolute atomic E-state index is 5.81. The average molecular weight is 240 g/mol. The van der Waals surface area contributed by atoms with Gasteiger partial charge in [0.25, 0.3) is 0 Å². The third kappa shape index (κ3) is 2.90. The fraction of sp³-hybridized carbons (Fsp3) is 0.250. The van der Waals surface area contributed by atoms with Gasteiger partial charge in [-0.15, -0.1) is 0 Å². The molecule has 0 saturated heterocycles. The van der Waals surface area contributed by atoms with E-state index in [0.29, 0.717) is 6.54 Å². The van der Waals surface area contributed by atoms with Gasteiger partial charge in [0.15, 0.2) is 0 Å². The van der Waals surface area contributed by atoms with Crippen LogP contribution in [0.1, 0.15) is 18.1 Å². The zero-order valence-electron chi connectivity index (χ0n) is 10.8. The first-order chi connectivity index (χ1) is 8.85. The van der Waals surface area contributed by atoms with E-state index in [1.807, 2.05) is 12.1 Å². The SMILES string of the molecule is CCN(Cc1ccccc1)c1ccccc1CN. The van der Waals surface area contributed by atoms with Crippen LogP contribution in [0, 0.1) is 0 Å². The molecule has 0 fully saturated rings. The van der Waals surface area contributed by atoms with Crippen LogP contribution in [0.3, 0.4) is 0 Å². The van der Waals surface area contributed by atoms with E-state index in [0.717, 1.165) is 13.1 Å². The number of hydrogen-bond acceptors (Lipinski definition) is 2. The first kappa shape index (κ1) is 12.7. The van der Waals surface area contributed by atoms with Gasteiger partial charge in [-0.25, -0.2) is 0 Å². The van der Waals surface area contributed by atoms with Gasteiger partial charge in [0, 0.05) is 25.3 Å². The predicted molar refractivity (Wildman–Crippen MR) is 77.5 cm³/mol. The van der Waals surface area contributed by atoms with Crippen molar-refractivity contribution in [2.75, 3.05) is 11.4 Å². The predicted octanol–water partition coefficient (Wildman–Crippen LogP) is 3.17. The molecule has 94 valence electrons. The van der Waals surface area contributed by atoms with Crippen LogP contribution in [0.25, 0.3) is 0 Å². The number of anilines is 1. The molecule has 2 rings (SSSR count). The first-order valence-corrected chi connectivity index (χ1v) is 6.42. The fourth-order valence-corrected chi connectivity index (χ4v) is 2.16. The van der Waals surface area contributed by atoms with Gasteiger partial charge in [-0.1, -0.05) is 48.5 Å². The molecule has 2 aromatic rings. The van der Waals surface area contributed by atoms with Crippen molar-refractivity contribution in [1.82, 2.24) is 0 Å². The van der Waals surface area contributed by atoms with E-state index in [4.69, 9.17) is 5.73 Å². The number of para-hydroxylation sites is 1. The van der Waals surface area contributed by atoms with Crippen LogP contribution < -0.4 is 10.6 Å². The summed E-state index contributed by atoms with van der Waals surface area (Å²) in [5.74, 6) is 0. The second kappa shape index (κ2) is 6.22. The van der Waals surface area contributed by atoms with Crippen LogP contribution in [0.2, 0.25) is 0 Å². The van der Waals surface area contributed by atoms with Crippen molar-refractivity contribution in [3.05, 3.63) is 65.7 Å². The van der Waals surface area contributed by atoms with E-state index in [1.165, 1.54) is 16.8 Å². The van der Waals surface area contributed by atoms with Crippen molar-refractivity contribution in [2.24, 2.45) is 5.73 Å². The summed E-state index contributed by atoms with van der Waals surface area (Å²) in [6.45, 7) is 4.66. The van der Waals surface area contributed by atoms with E-state index in [2.05, 4.69) is 54.3 Å². The average Bonchev–Trinajstić information content (AvgIpc) is 2.46. The first-order valence-electron chi connectivity index (χ1n) is 6.42. The fourth-order valence-electron chi connectivity index (χ4n) is 2.16. The molecule has 0 unspecified atom stereocenters. The number of hydrogen-bond donors (Lipinski definition) is 1. The minimum atomic E-state index is 0.585. The highest BCUT2D eigenvalue weighted by Crippen LogP contribution is 2.21. The summed E-state index contributed by atoms with van der Waals surface area (Å²) < 4.78 is 0. The monoisotopic (exact) mass is 240 g/mol. The number of nitrogens with zero attached hydrogens (tertiary/aromatic N) is 1. The molecule has 2 heteroatoms. The van der Waals surface area contributed by atoms with Gasteiger partial charge >= 0.3 is 0 Å². The second-order valence-electron chi connectivity index (χ2n) is 4.33. The smallest absolute Gasteiger partial charge is 0.0429 e. The van der Waals surface area contributed by atoms with Gasteiger partial charge in [-0.2, -0.15) is 0 Å². The molecule has 0 aromatic heterocycles. The van der Waals surface area contributed by atoms with E-state index in [9.17, 15) is 0 Å². The molecule has 0 spiro atoms. The van der Waals surface area contributed by atoms with E-state index in [1.54, 1.807) is 0 Å². The Morgan fingerprint density at radius 2 is 1.61 bits per heavy atom. The Balaban J connectivity index is 2.23. The number of benzene rings is 2. The summed E-state index contributed by atoms with van der Waals surface area (Å²) >= 11 is 0. The lowest BCUT2D eigenvalue weighted by molar-refractivity contribution is 0.821. The quantitative estimate of drug-likeness (QED) is 0.869. The molecule has 18 heavy (non-hydrogen) atoms. The summed E-state index contributed by atoms with van der Waals surface area (Å²) in [6.07, 6.45) is 0. The number of nitrogens with two attached hydrogens (primary N) is 1. The van der Waals surface area contributed by atoms with Crippen LogP contribution in [0.5, 0.6) is 0 Å². The zero-order valence-corrected chi connectivity index (χ0v) is 10.8. The summed E-state index contributed by atoms with van der Waals surface area (Å²) in [5, 5.41) is 0. The molecule has 2 aromatic carbocycles. The summed E-state index contributed by atoms with van der Waals surface area (Å²) in [6, 6.07) is 18.9. The Labute approximate surface area is 109 Å². The molecule has 2 N–H and O–H groups in total. The molecule has 0 bridgehead atoms. The van der Waals surface area contributed by atoms with Crippen LogP contribution >= 0.6 is 0 Å². The Hall–Kier alpha value is -1.80. The van der Waals surface area contributed by atoms with E-state index >= 15 is 0 Å². The lowest BCUT2D eigenvalue weighted by atomic mass is 10.1. The van der Waals surface area contributed by atoms with Crippen molar-refractivity contribution in [3.8, 4) is 0 Å². The summed E-state index contributed by atoms with van der Waals surface area (Å²) in [7, 11) is 0. The van der Waals surface area contributed by atoms with Crippen molar-refractivity contribution in [1.29, 1.82) is 0 Å². The molecule has 2 nitrogen and oxygen atoms in total. The molecule has 0 amide bonds. The normalized spacial score (nSPS) is 10.3. The van der Waals surface area contributed by atoms with Crippen molar-refractivity contribution < 1.29 is 0 Å². The van der Waals surface area contributed by atoms with Crippen molar-refractivity contribution in [3.63, 3.8) is 0 Å². The lowest BCUT2D eigenvalue weighted by Crippen LogP contribution is -2.23. The molecule has 0 heterocycles. The maximum Gasteiger partial charge on any atom is 0.0429 e. The lowest BCUT2D eigenvalue weighted by Gasteiger charge is -2.25. The molecular formula is C16H20N2. The number of rotatable bonds is 5. The van der Waals surface area contributed by atoms with E-state index in [-0.39, 0.29) is 0 Å². The van der Waals surface area contributed by atoms with Crippen LogP contribution in [0.15, 0.2) is 54.6 Å². The van der Waals surface area contributed by atoms with Crippen LogP contribution in [-0.2, 0) is 13.1 Å². The zero-order chi connectivity index (χ0) is 12.8. The second-order valence-corrected chi connectivity index (χ2v) is 4.33. The highest BCUT2D eigenvalue weighted by atomic mass is 15.1. The molecule has 0 saturated carbocycles. The maximum atomic E-state index is 5.81. The molecule has 0 aliphatic rings. The Kier molecular flexibility index (Phi) is 4.37. The Morgan fingerprint density at radius 1 is 0.944 bits per heavy atom. The minimum absolute atomic E-state index is 0.585. The summed E-state index contributed by atoms with van der Waals surface area (Å²) in [5.41, 5.74) is 9.58. The third-order valence-electron chi connectivity index (χ3n) is 3.15. The van der Waals surface area contributed by atoms with Gasteiger partial charge in [-0.3, -0.25) is 0 Å². The summed E-state index contributed by atoms with van der Waals surface area (Å²) in [4.78, 5) is 2.36. The molecule has 0 aliphatic heterocycles. The van der Waals surface area contributed by atoms with Crippen molar-refractivity contribution >= 4 is 5.69 Å². The Bertz CT molecular complexity index is 479. The molecule has 0 aliphatic carbocycles. The minimum Gasteiger partial charge on any atom is -0.367 e. The van der Waals surface area contributed by atoms with Crippen LogP contribution in [-0.4, -0.2) is 6.54 Å². The molecular weight excluding hydrogens is 220 g/mol. The van der Waals surface area contributed by atoms with Gasteiger partial charge in [-0.05, 0) is 24.1 Å². The van der Waals surface area contributed by atoms with E-state index < -0.39 is 0 Å². The van der Waals surface area contributed by atoms with Gasteiger partial charge in [0.1, 0.15) is 0 Å². The third-order valence-corrected chi connectivity index (χ3v) is 3.15. The highest BCUT2D eigenvalue weighted by molar-refractivity contribution is 5.53. The van der Waals surface area contributed by atoms with Crippen molar-refractivity contribution in [2.45, 2.75) is 20.0 Å². The van der Waals surface area contributed by atoms with Gasteiger partial charge in [0.05, 0.1) is 0 Å². The molecule has 0 atom stereocenters. The topological polar surface area (TPSA) is 29.3 Å². The largest absolute Gasteiger partial charge is 0.367 e. The Morgan fingerprint density at radius 3 is 2.28 bits per heavy atom.